The molecule has 0 aromatic heterocycles. The number of benzene rings is 4. The SMILES string of the molecule is [N-]=[N+]=Nc1ccccc1[C@H]1OC(c2ccc(OCCCO)cc2)=N[C@@]1(C/C=C/c1ccccc1)C(=O)NCc1ccc(Cl)cc1Cl. The number of aliphatic imine (C=N–C) groups is 1. The van der Waals surface area contributed by atoms with E-state index in [-0.39, 0.29) is 25.5 Å². The molecule has 46 heavy (non-hydrogen) atoms. The molecule has 0 spiro atoms. The molecule has 4 aromatic carbocycles. The first kappa shape index (κ1) is 32.6. The maximum atomic E-state index is 14.4. The molecule has 1 aliphatic heterocycles. The van der Waals surface area contributed by atoms with Gasteiger partial charge in [0.15, 0.2) is 11.6 Å². The Morgan fingerprint density at radius 1 is 1.07 bits per heavy atom. The Morgan fingerprint density at radius 2 is 1.83 bits per heavy atom. The van der Waals surface area contributed by atoms with Crippen LogP contribution in [0.2, 0.25) is 10.0 Å². The highest BCUT2D eigenvalue weighted by Crippen LogP contribution is 2.46. The molecule has 5 rings (SSSR count). The largest absolute Gasteiger partial charge is 0.494 e. The van der Waals surface area contributed by atoms with Gasteiger partial charge in [-0.25, -0.2) is 4.99 Å². The number of halogens is 2. The molecule has 1 aliphatic rings. The topological polar surface area (TPSA) is 129 Å². The number of carbonyl (C=O) groups is 1. The number of ether oxygens (including phenoxy) is 2. The molecule has 1 amide bonds. The first-order valence-electron chi connectivity index (χ1n) is 14.6. The summed E-state index contributed by atoms with van der Waals surface area (Å²) in [5.41, 5.74) is 10.9. The van der Waals surface area contributed by atoms with Gasteiger partial charge >= 0.3 is 0 Å². The minimum Gasteiger partial charge on any atom is -0.494 e. The third-order valence-electron chi connectivity index (χ3n) is 7.40. The minimum absolute atomic E-state index is 0.0362. The Bertz CT molecular complexity index is 1780. The third-order valence-corrected chi connectivity index (χ3v) is 7.98. The van der Waals surface area contributed by atoms with Crippen LogP contribution in [0.4, 0.5) is 5.69 Å². The van der Waals surface area contributed by atoms with Crippen LogP contribution in [0.1, 0.15) is 41.2 Å². The number of aliphatic hydroxyl groups excluding tert-OH is 1. The van der Waals surface area contributed by atoms with Crippen LogP contribution in [0.25, 0.3) is 16.5 Å². The molecule has 1 heterocycles. The van der Waals surface area contributed by atoms with Crippen molar-refractivity contribution in [1.29, 1.82) is 0 Å². The van der Waals surface area contributed by atoms with Gasteiger partial charge in [0, 0.05) is 57.8 Å². The average molecular weight is 657 g/mol. The molecule has 234 valence electrons. The van der Waals surface area contributed by atoms with Crippen molar-refractivity contribution in [2.45, 2.75) is 31.0 Å². The summed E-state index contributed by atoms with van der Waals surface area (Å²) in [7, 11) is 0. The zero-order valence-electron chi connectivity index (χ0n) is 24.7. The molecule has 0 fully saturated rings. The van der Waals surface area contributed by atoms with Crippen molar-refractivity contribution in [2.24, 2.45) is 10.1 Å². The van der Waals surface area contributed by atoms with Crippen LogP contribution in [-0.4, -0.2) is 35.7 Å². The highest BCUT2D eigenvalue weighted by Gasteiger charge is 2.53. The summed E-state index contributed by atoms with van der Waals surface area (Å²) in [4.78, 5) is 22.5. The van der Waals surface area contributed by atoms with Gasteiger partial charge in [0.25, 0.3) is 5.91 Å². The Labute approximate surface area is 276 Å². The fourth-order valence-electron chi connectivity index (χ4n) is 5.07. The van der Waals surface area contributed by atoms with E-state index in [4.69, 9.17) is 42.8 Å². The van der Waals surface area contributed by atoms with Crippen molar-refractivity contribution < 1.29 is 19.4 Å². The number of hydrogen-bond donors (Lipinski definition) is 2. The summed E-state index contributed by atoms with van der Waals surface area (Å²) in [5, 5.41) is 16.9. The maximum absolute atomic E-state index is 14.4. The molecule has 2 N–H and O–H groups in total. The molecular formula is C35H31Cl2N5O4. The van der Waals surface area contributed by atoms with Crippen LogP contribution >= 0.6 is 23.2 Å². The Kier molecular flexibility index (Phi) is 11.0. The number of carbonyl (C=O) groups excluding carboxylic acids is 1. The lowest BCUT2D eigenvalue weighted by Gasteiger charge is -2.30. The van der Waals surface area contributed by atoms with Crippen molar-refractivity contribution in [2.75, 3.05) is 13.2 Å². The quantitative estimate of drug-likeness (QED) is 0.0648. The Morgan fingerprint density at radius 3 is 2.57 bits per heavy atom. The van der Waals surface area contributed by atoms with Crippen LogP contribution < -0.4 is 10.1 Å². The monoisotopic (exact) mass is 655 g/mol. The van der Waals surface area contributed by atoms with Crippen molar-refractivity contribution in [3.63, 3.8) is 0 Å². The van der Waals surface area contributed by atoms with E-state index in [1.54, 1.807) is 66.7 Å². The number of aliphatic hydroxyl groups is 1. The Balaban J connectivity index is 1.58. The first-order valence-corrected chi connectivity index (χ1v) is 15.4. The van der Waals surface area contributed by atoms with E-state index in [0.717, 1.165) is 5.56 Å². The van der Waals surface area contributed by atoms with Gasteiger partial charge in [-0.15, -0.1) is 0 Å². The standard InChI is InChI=1S/C35H31Cl2N5O4/c36-27-16-13-26(30(37)22-27)23-39-34(44)35(19-6-10-24-8-2-1-3-9-24)32(29-11-4-5-12-31(29)41-42-38)46-33(40-35)25-14-17-28(18-15-25)45-21-7-20-43/h1-6,8-18,22,32,43H,7,19-21,23H2,(H,39,44)/b10-6+/t32-,35-/m1/s1. The van der Waals surface area contributed by atoms with E-state index in [9.17, 15) is 10.3 Å². The van der Waals surface area contributed by atoms with Crippen LogP contribution in [-0.2, 0) is 16.1 Å². The number of hydrogen-bond acceptors (Lipinski definition) is 6. The molecule has 0 saturated heterocycles. The van der Waals surface area contributed by atoms with Gasteiger partial charge in [-0.3, -0.25) is 4.79 Å². The van der Waals surface area contributed by atoms with E-state index in [0.29, 0.717) is 51.2 Å². The maximum Gasteiger partial charge on any atom is 0.252 e. The van der Waals surface area contributed by atoms with Crippen LogP contribution in [0.5, 0.6) is 5.75 Å². The zero-order valence-corrected chi connectivity index (χ0v) is 26.2. The van der Waals surface area contributed by atoms with Gasteiger partial charge in [0.1, 0.15) is 5.75 Å². The highest BCUT2D eigenvalue weighted by molar-refractivity contribution is 6.35. The number of azide groups is 1. The molecule has 0 unspecified atom stereocenters. The summed E-state index contributed by atoms with van der Waals surface area (Å²) in [6.45, 7) is 0.531. The lowest BCUT2D eigenvalue weighted by Crippen LogP contribution is -2.47. The van der Waals surface area contributed by atoms with E-state index in [1.165, 1.54) is 0 Å². The number of nitrogens with one attached hydrogen (secondary N) is 1. The molecule has 0 bridgehead atoms. The first-order chi connectivity index (χ1) is 22.4. The highest BCUT2D eigenvalue weighted by atomic mass is 35.5. The molecular weight excluding hydrogens is 625 g/mol. The molecule has 0 saturated carbocycles. The predicted octanol–water partition coefficient (Wildman–Crippen LogP) is 8.37. The second-order valence-corrected chi connectivity index (χ2v) is 11.3. The average Bonchev–Trinajstić information content (AvgIpc) is 3.46. The number of amides is 1. The van der Waals surface area contributed by atoms with E-state index >= 15 is 0 Å². The lowest BCUT2D eigenvalue weighted by molar-refractivity contribution is -0.129. The molecule has 9 nitrogen and oxygen atoms in total. The van der Waals surface area contributed by atoms with Crippen molar-refractivity contribution in [1.82, 2.24) is 5.32 Å². The number of nitrogens with zero attached hydrogens (tertiary/aromatic N) is 4. The lowest BCUT2D eigenvalue weighted by atomic mass is 9.83. The van der Waals surface area contributed by atoms with E-state index in [1.807, 2.05) is 42.5 Å². The van der Waals surface area contributed by atoms with E-state index < -0.39 is 17.6 Å². The van der Waals surface area contributed by atoms with Gasteiger partial charge in [-0.1, -0.05) is 101 Å². The smallest absolute Gasteiger partial charge is 0.252 e. The fourth-order valence-corrected chi connectivity index (χ4v) is 5.55. The number of rotatable bonds is 13. The van der Waals surface area contributed by atoms with Gasteiger partial charge < -0.3 is 19.9 Å². The van der Waals surface area contributed by atoms with Crippen molar-refractivity contribution in [3.05, 3.63) is 146 Å². The summed E-state index contributed by atoms with van der Waals surface area (Å²) in [5.74, 6) is 0.460. The third kappa shape index (κ3) is 7.70. The summed E-state index contributed by atoms with van der Waals surface area (Å²) < 4.78 is 12.2. The molecule has 11 heteroatoms. The van der Waals surface area contributed by atoms with Gasteiger partial charge in [-0.2, -0.15) is 0 Å². The van der Waals surface area contributed by atoms with Crippen LogP contribution in [0.3, 0.4) is 0 Å². The molecule has 4 aromatic rings. The van der Waals surface area contributed by atoms with Gasteiger partial charge in [0.05, 0.1) is 6.61 Å². The van der Waals surface area contributed by atoms with Crippen molar-refractivity contribution in [3.8, 4) is 5.75 Å². The second-order valence-electron chi connectivity index (χ2n) is 10.5. The molecule has 0 aliphatic carbocycles. The van der Waals surface area contributed by atoms with Gasteiger partial charge in [0.2, 0.25) is 5.90 Å². The zero-order chi connectivity index (χ0) is 32.4. The Hall–Kier alpha value is -4.79. The van der Waals surface area contributed by atoms with Gasteiger partial charge in [-0.05, 0) is 53.1 Å². The normalized spacial score (nSPS) is 17.2. The molecule has 0 radical (unpaired) electrons. The van der Waals surface area contributed by atoms with E-state index in [2.05, 4.69) is 15.3 Å². The second kappa shape index (κ2) is 15.5. The summed E-state index contributed by atoms with van der Waals surface area (Å²) in [6.07, 6.45) is 3.53. The molecule has 2 atom stereocenters. The van der Waals surface area contributed by atoms with Crippen molar-refractivity contribution >= 4 is 46.8 Å². The summed E-state index contributed by atoms with van der Waals surface area (Å²) in [6, 6.07) is 28.9. The fraction of sp³-hybridized carbons (Fsp3) is 0.200. The minimum atomic E-state index is -1.50. The summed E-state index contributed by atoms with van der Waals surface area (Å²) >= 11 is 12.5. The van der Waals surface area contributed by atoms with Crippen LogP contribution in [0, 0.1) is 0 Å². The van der Waals surface area contributed by atoms with Crippen LogP contribution in [0.15, 0.2) is 113 Å². The predicted molar refractivity (Wildman–Crippen MR) is 180 cm³/mol.